The van der Waals surface area contributed by atoms with E-state index < -0.39 is 35.5 Å². The van der Waals surface area contributed by atoms with E-state index in [4.69, 9.17) is 9.47 Å². The van der Waals surface area contributed by atoms with Crippen LogP contribution in [0, 0.1) is 5.92 Å². The van der Waals surface area contributed by atoms with Gasteiger partial charge in [-0.3, -0.25) is 9.59 Å². The molecule has 3 unspecified atom stereocenters. The second-order valence-corrected chi connectivity index (χ2v) is 9.35. The van der Waals surface area contributed by atoms with E-state index in [1.54, 1.807) is 0 Å². The van der Waals surface area contributed by atoms with Crippen LogP contribution in [0.25, 0.3) is 11.1 Å². The van der Waals surface area contributed by atoms with Crippen molar-refractivity contribution < 1.29 is 34.1 Å². The van der Waals surface area contributed by atoms with Crippen LogP contribution in [0.3, 0.4) is 0 Å². The lowest BCUT2D eigenvalue weighted by atomic mass is 9.93. The van der Waals surface area contributed by atoms with Gasteiger partial charge in [-0.05, 0) is 35.6 Å². The van der Waals surface area contributed by atoms with E-state index in [0.29, 0.717) is 0 Å². The number of nitrogens with one attached hydrogen (secondary N) is 1. The Morgan fingerprint density at radius 3 is 2.23 bits per heavy atom. The van der Waals surface area contributed by atoms with Gasteiger partial charge in [0.25, 0.3) is 5.91 Å². The average Bonchev–Trinajstić information content (AvgIpc) is 3.15. The summed E-state index contributed by atoms with van der Waals surface area (Å²) in [6, 6.07) is 16.0. The number of rotatable bonds is 7. The topological polar surface area (TPSA) is 125 Å². The maximum atomic E-state index is 13.3. The van der Waals surface area contributed by atoms with Gasteiger partial charge in [0, 0.05) is 26.1 Å². The fourth-order valence-electron chi connectivity index (χ4n) is 5.07. The van der Waals surface area contributed by atoms with Gasteiger partial charge in [-0.2, -0.15) is 0 Å². The lowest BCUT2D eigenvalue weighted by molar-refractivity contribution is -0.152. The van der Waals surface area contributed by atoms with Crippen LogP contribution in [-0.4, -0.2) is 78.1 Å². The fourth-order valence-corrected chi connectivity index (χ4v) is 5.07. The molecule has 1 heterocycles. The zero-order valence-electron chi connectivity index (χ0n) is 19.8. The number of fused-ring (bicyclic) bond motifs is 3. The molecule has 1 aliphatic heterocycles. The van der Waals surface area contributed by atoms with Crippen LogP contribution in [0.4, 0.5) is 4.79 Å². The van der Waals surface area contributed by atoms with Crippen molar-refractivity contribution >= 4 is 18.0 Å². The highest BCUT2D eigenvalue weighted by Crippen LogP contribution is 2.44. The second kappa shape index (κ2) is 10.1. The molecular formula is C26H30N2O7. The third kappa shape index (κ3) is 5.01. The second-order valence-electron chi connectivity index (χ2n) is 9.35. The van der Waals surface area contributed by atoms with Crippen molar-refractivity contribution in [3.8, 4) is 11.1 Å². The van der Waals surface area contributed by atoms with E-state index in [9.17, 15) is 24.6 Å². The number of likely N-dealkylation sites (tertiary alicyclic amines) is 1. The van der Waals surface area contributed by atoms with Gasteiger partial charge in [0.2, 0.25) is 0 Å². The molecule has 3 N–H and O–H groups in total. The van der Waals surface area contributed by atoms with Crippen molar-refractivity contribution in [1.82, 2.24) is 10.2 Å². The van der Waals surface area contributed by atoms with Gasteiger partial charge in [0.15, 0.2) is 0 Å². The summed E-state index contributed by atoms with van der Waals surface area (Å²) in [5, 5.41) is 22.1. The number of carbonyl (C=O) groups is 3. The Morgan fingerprint density at radius 2 is 1.66 bits per heavy atom. The largest absolute Gasteiger partial charge is 0.481 e. The van der Waals surface area contributed by atoms with Crippen LogP contribution in [0.15, 0.2) is 48.5 Å². The van der Waals surface area contributed by atoms with E-state index in [2.05, 4.69) is 5.32 Å². The zero-order valence-corrected chi connectivity index (χ0v) is 19.8. The third-order valence-corrected chi connectivity index (χ3v) is 6.69. The highest BCUT2D eigenvalue weighted by atomic mass is 16.5. The number of β-amino-alcohol motifs (C(OH)–C–C–N with tert-alkyl or cyclic N) is 1. The van der Waals surface area contributed by atoms with Gasteiger partial charge in [-0.1, -0.05) is 48.5 Å². The molecule has 4 rings (SSSR count). The minimum absolute atomic E-state index is 0.0196. The number of piperidine rings is 1. The number of hydrogen-bond donors (Lipinski definition) is 3. The molecule has 1 aliphatic carbocycles. The molecule has 0 bridgehead atoms. The Hall–Kier alpha value is -3.43. The van der Waals surface area contributed by atoms with Crippen LogP contribution >= 0.6 is 0 Å². The molecule has 0 radical (unpaired) electrons. The quantitative estimate of drug-likeness (QED) is 0.553. The number of hydrogen-bond acceptors (Lipinski definition) is 6. The van der Waals surface area contributed by atoms with Gasteiger partial charge >= 0.3 is 12.1 Å². The number of alkyl carbamates (subject to hydrolysis) is 1. The average molecular weight is 483 g/mol. The van der Waals surface area contributed by atoms with E-state index in [0.717, 1.165) is 22.3 Å². The molecule has 2 aromatic carbocycles. The minimum atomic E-state index is -1.50. The highest BCUT2D eigenvalue weighted by molar-refractivity contribution is 5.90. The Kier molecular flexibility index (Phi) is 7.09. The maximum Gasteiger partial charge on any atom is 0.408 e. The highest BCUT2D eigenvalue weighted by Gasteiger charge is 2.43. The maximum absolute atomic E-state index is 13.3. The number of amides is 2. The minimum Gasteiger partial charge on any atom is -0.481 e. The van der Waals surface area contributed by atoms with Crippen molar-refractivity contribution in [2.45, 2.75) is 30.9 Å². The number of carboxylic acid groups (broad SMARTS) is 1. The smallest absolute Gasteiger partial charge is 0.408 e. The number of methoxy groups -OCH3 is 1. The number of benzene rings is 2. The van der Waals surface area contributed by atoms with Crippen molar-refractivity contribution in [2.24, 2.45) is 5.92 Å². The molecule has 0 saturated carbocycles. The summed E-state index contributed by atoms with van der Waals surface area (Å²) in [6.45, 7) is 1.35. The standard InChI is InChI=1S/C26H30N2O7/c1-26(15-34-2,24(32)28-12-16(23(30)31)11-17(29)13-28)27-25(33)35-14-22-20-9-5-3-7-18(20)19-8-4-6-10-21(19)22/h3-10,16-17,22,29H,11-15H2,1-2H3,(H,27,33)(H,30,31). The number of carboxylic acids is 1. The molecule has 35 heavy (non-hydrogen) atoms. The lowest BCUT2D eigenvalue weighted by Gasteiger charge is -2.39. The van der Waals surface area contributed by atoms with Crippen molar-refractivity contribution in [2.75, 3.05) is 33.4 Å². The van der Waals surface area contributed by atoms with E-state index in [-0.39, 0.29) is 38.6 Å². The first-order valence-corrected chi connectivity index (χ1v) is 11.6. The monoisotopic (exact) mass is 482 g/mol. The zero-order chi connectivity index (χ0) is 25.2. The molecule has 9 nitrogen and oxygen atoms in total. The molecule has 186 valence electrons. The Balaban J connectivity index is 1.46. The van der Waals surface area contributed by atoms with Crippen LogP contribution in [0.5, 0.6) is 0 Å². The summed E-state index contributed by atoms with van der Waals surface area (Å²) in [5.74, 6) is -2.65. The van der Waals surface area contributed by atoms with Crippen LogP contribution in [0.2, 0.25) is 0 Å². The van der Waals surface area contributed by atoms with Gasteiger partial charge < -0.3 is 29.9 Å². The molecular weight excluding hydrogens is 452 g/mol. The molecule has 0 spiro atoms. The van der Waals surface area contributed by atoms with Crippen molar-refractivity contribution in [3.05, 3.63) is 59.7 Å². The fraction of sp³-hybridized carbons (Fsp3) is 0.423. The number of ether oxygens (including phenoxy) is 2. The number of aliphatic carboxylic acids is 1. The molecule has 2 amide bonds. The molecule has 1 fully saturated rings. The van der Waals surface area contributed by atoms with E-state index in [1.807, 2.05) is 48.5 Å². The Morgan fingerprint density at radius 1 is 1.06 bits per heavy atom. The Bertz CT molecular complexity index is 1070. The molecule has 0 aromatic heterocycles. The molecule has 9 heteroatoms. The van der Waals surface area contributed by atoms with Gasteiger partial charge in [-0.25, -0.2) is 4.79 Å². The van der Waals surface area contributed by atoms with Crippen molar-refractivity contribution in [1.29, 1.82) is 0 Å². The number of carbonyl (C=O) groups excluding carboxylic acids is 2. The molecule has 2 aromatic rings. The first-order valence-electron chi connectivity index (χ1n) is 11.6. The molecule has 1 saturated heterocycles. The van der Waals surface area contributed by atoms with Crippen LogP contribution in [0.1, 0.15) is 30.4 Å². The van der Waals surface area contributed by atoms with Gasteiger partial charge in [0.05, 0.1) is 18.6 Å². The first-order chi connectivity index (χ1) is 16.7. The summed E-state index contributed by atoms with van der Waals surface area (Å²) >= 11 is 0. The number of nitrogens with zero attached hydrogens (tertiary/aromatic N) is 1. The predicted octanol–water partition coefficient (Wildman–Crippen LogP) is 2.22. The van der Waals surface area contributed by atoms with Gasteiger partial charge in [0.1, 0.15) is 12.1 Å². The third-order valence-electron chi connectivity index (χ3n) is 6.69. The first kappa shape index (κ1) is 24.7. The normalized spacial score (nSPS) is 20.9. The predicted molar refractivity (Wildman–Crippen MR) is 127 cm³/mol. The molecule has 2 aliphatic rings. The summed E-state index contributed by atoms with van der Waals surface area (Å²) in [5.41, 5.74) is 2.84. The van der Waals surface area contributed by atoms with E-state index in [1.165, 1.54) is 18.9 Å². The lowest BCUT2D eigenvalue weighted by Crippen LogP contribution is -2.63. The van der Waals surface area contributed by atoms with Crippen LogP contribution in [-0.2, 0) is 19.1 Å². The van der Waals surface area contributed by atoms with Crippen molar-refractivity contribution in [3.63, 3.8) is 0 Å². The van der Waals surface area contributed by atoms with E-state index >= 15 is 0 Å². The van der Waals surface area contributed by atoms with Gasteiger partial charge in [-0.15, -0.1) is 0 Å². The summed E-state index contributed by atoms with van der Waals surface area (Å²) in [6.07, 6.45) is -1.68. The summed E-state index contributed by atoms with van der Waals surface area (Å²) in [4.78, 5) is 38.9. The SMILES string of the molecule is COCC(C)(NC(=O)OCC1c2ccccc2-c2ccccc21)C(=O)N1CC(O)CC(C(=O)O)C1. The Labute approximate surface area is 203 Å². The molecule has 3 atom stereocenters. The number of aliphatic hydroxyl groups is 1. The summed E-state index contributed by atoms with van der Waals surface area (Å²) < 4.78 is 10.8. The number of aliphatic hydroxyl groups excluding tert-OH is 1. The van der Waals surface area contributed by atoms with Crippen LogP contribution < -0.4 is 5.32 Å². The summed E-state index contributed by atoms with van der Waals surface area (Å²) in [7, 11) is 1.40.